The van der Waals surface area contributed by atoms with Gasteiger partial charge in [-0.2, -0.15) is 0 Å². The van der Waals surface area contributed by atoms with Crippen molar-refractivity contribution in [2.45, 2.75) is 13.8 Å². The first-order valence-electron chi connectivity index (χ1n) is 11.0. The summed E-state index contributed by atoms with van der Waals surface area (Å²) in [6.45, 7) is 7.81. The van der Waals surface area contributed by atoms with E-state index in [9.17, 15) is 14.7 Å². The van der Waals surface area contributed by atoms with Crippen LogP contribution in [0.15, 0.2) is 54.2 Å². The first kappa shape index (κ1) is 22.0. The van der Waals surface area contributed by atoms with Crippen molar-refractivity contribution in [2.24, 2.45) is 0 Å². The quantitative estimate of drug-likeness (QED) is 0.673. The van der Waals surface area contributed by atoms with E-state index in [2.05, 4.69) is 4.90 Å². The van der Waals surface area contributed by atoms with Crippen LogP contribution in [0.5, 0.6) is 5.75 Å². The minimum Gasteiger partial charge on any atom is -0.494 e. The molecule has 1 N–H and O–H groups in total. The third-order valence-corrected chi connectivity index (χ3v) is 5.89. The number of piperazine rings is 1. The van der Waals surface area contributed by atoms with E-state index in [1.807, 2.05) is 49.1 Å². The Hall–Kier alpha value is -3.16. The maximum absolute atomic E-state index is 13.7. The van der Waals surface area contributed by atoms with Gasteiger partial charge in [0.05, 0.1) is 24.5 Å². The number of imide groups is 1. The maximum Gasteiger partial charge on any atom is 0.282 e. The first-order chi connectivity index (χ1) is 15.5. The van der Waals surface area contributed by atoms with E-state index in [0.29, 0.717) is 48.9 Å². The highest BCUT2D eigenvalue weighted by atomic mass is 16.5. The van der Waals surface area contributed by atoms with Gasteiger partial charge in [-0.25, -0.2) is 4.90 Å². The second kappa shape index (κ2) is 9.54. The fraction of sp³-hybridized carbons (Fsp3) is 0.360. The van der Waals surface area contributed by atoms with Crippen LogP contribution in [-0.4, -0.2) is 72.7 Å². The lowest BCUT2D eigenvalue weighted by Gasteiger charge is -2.36. The molecular weight excluding hydrogens is 406 g/mol. The summed E-state index contributed by atoms with van der Waals surface area (Å²) in [7, 11) is 0. The van der Waals surface area contributed by atoms with Gasteiger partial charge < -0.3 is 14.7 Å². The average Bonchev–Trinajstić information content (AvgIpc) is 3.05. The van der Waals surface area contributed by atoms with Gasteiger partial charge in [0.15, 0.2) is 0 Å². The number of β-amino-alcohol motifs (C(OH)–C–C–N with tert-alkyl or cyclic N) is 1. The van der Waals surface area contributed by atoms with Crippen LogP contribution >= 0.6 is 0 Å². The number of rotatable bonds is 7. The summed E-state index contributed by atoms with van der Waals surface area (Å²) in [5, 5.41) is 9.23. The van der Waals surface area contributed by atoms with Crippen LogP contribution in [0.4, 0.5) is 5.69 Å². The lowest BCUT2D eigenvalue weighted by atomic mass is 10.0. The van der Waals surface area contributed by atoms with Crippen LogP contribution in [0.2, 0.25) is 0 Å². The number of aliphatic hydroxyl groups is 1. The molecule has 2 amide bonds. The monoisotopic (exact) mass is 435 g/mol. The fourth-order valence-electron chi connectivity index (χ4n) is 4.24. The Morgan fingerprint density at radius 1 is 0.969 bits per heavy atom. The lowest BCUT2D eigenvalue weighted by molar-refractivity contribution is -0.120. The Bertz CT molecular complexity index is 1020. The van der Waals surface area contributed by atoms with Crippen molar-refractivity contribution in [1.82, 2.24) is 9.80 Å². The molecule has 0 aromatic heterocycles. The molecule has 2 aromatic rings. The molecule has 2 heterocycles. The third kappa shape index (κ3) is 4.26. The standard InChI is InChI=1S/C25H29N3O4/c1-3-32-21-6-4-5-20(17-21)28-24(30)22(19-9-7-18(2)8-10-19)23(25(28)31)27-13-11-26(12-14-27)15-16-29/h4-10,17,29H,3,11-16H2,1-2H3. The van der Waals surface area contributed by atoms with E-state index in [0.717, 1.165) is 24.2 Å². The van der Waals surface area contributed by atoms with Gasteiger partial charge in [0.25, 0.3) is 11.8 Å². The Labute approximate surface area is 188 Å². The highest BCUT2D eigenvalue weighted by Gasteiger charge is 2.43. The highest BCUT2D eigenvalue weighted by molar-refractivity contribution is 6.45. The topological polar surface area (TPSA) is 73.3 Å². The molecule has 0 unspecified atom stereocenters. The second-order valence-corrected chi connectivity index (χ2v) is 8.02. The van der Waals surface area contributed by atoms with Crippen LogP contribution in [0, 0.1) is 6.92 Å². The van der Waals surface area contributed by atoms with Crippen LogP contribution in [0.1, 0.15) is 18.1 Å². The highest BCUT2D eigenvalue weighted by Crippen LogP contribution is 2.36. The molecule has 1 saturated heterocycles. The van der Waals surface area contributed by atoms with Gasteiger partial charge >= 0.3 is 0 Å². The van der Waals surface area contributed by atoms with E-state index >= 15 is 0 Å². The summed E-state index contributed by atoms with van der Waals surface area (Å²) in [6.07, 6.45) is 0. The van der Waals surface area contributed by atoms with Crippen molar-refractivity contribution >= 4 is 23.1 Å². The zero-order valence-electron chi connectivity index (χ0n) is 18.6. The molecule has 2 aliphatic heterocycles. The molecule has 0 atom stereocenters. The molecule has 4 rings (SSSR count). The number of aliphatic hydroxyl groups excluding tert-OH is 1. The normalized spacial score (nSPS) is 17.5. The predicted molar refractivity (Wildman–Crippen MR) is 123 cm³/mol. The van der Waals surface area contributed by atoms with Gasteiger partial charge in [-0.15, -0.1) is 0 Å². The van der Waals surface area contributed by atoms with Gasteiger partial charge in [-0.3, -0.25) is 14.5 Å². The number of carbonyl (C=O) groups excluding carboxylic acids is 2. The molecule has 2 aliphatic rings. The van der Waals surface area contributed by atoms with Crippen LogP contribution in [-0.2, 0) is 9.59 Å². The molecular formula is C25H29N3O4. The lowest BCUT2D eigenvalue weighted by Crippen LogP contribution is -2.48. The number of carbonyl (C=O) groups is 2. The van der Waals surface area contributed by atoms with Gasteiger partial charge in [0.2, 0.25) is 0 Å². The van der Waals surface area contributed by atoms with Crippen molar-refractivity contribution in [1.29, 1.82) is 0 Å². The van der Waals surface area contributed by atoms with Gasteiger partial charge in [-0.05, 0) is 31.5 Å². The van der Waals surface area contributed by atoms with Crippen molar-refractivity contribution < 1.29 is 19.4 Å². The summed E-state index contributed by atoms with van der Waals surface area (Å²) in [5.41, 5.74) is 3.22. The summed E-state index contributed by atoms with van der Waals surface area (Å²) in [6, 6.07) is 14.8. The molecule has 7 nitrogen and oxygen atoms in total. The molecule has 0 radical (unpaired) electrons. The third-order valence-electron chi connectivity index (χ3n) is 5.89. The molecule has 0 bridgehead atoms. The Kier molecular flexibility index (Phi) is 6.58. The van der Waals surface area contributed by atoms with Gasteiger partial charge in [0.1, 0.15) is 11.4 Å². The SMILES string of the molecule is CCOc1cccc(N2C(=O)C(c3ccc(C)cc3)=C(N3CCN(CCO)CC3)C2=O)c1. The smallest absolute Gasteiger partial charge is 0.282 e. The van der Waals surface area contributed by atoms with Gasteiger partial charge in [0, 0.05) is 38.8 Å². The molecule has 0 saturated carbocycles. The van der Waals surface area contributed by atoms with E-state index in [-0.39, 0.29) is 18.4 Å². The zero-order valence-corrected chi connectivity index (χ0v) is 18.6. The predicted octanol–water partition coefficient (Wildman–Crippen LogP) is 2.29. The van der Waals surface area contributed by atoms with E-state index in [1.165, 1.54) is 4.90 Å². The molecule has 0 spiro atoms. The number of hydrogen-bond donors (Lipinski definition) is 1. The minimum absolute atomic E-state index is 0.110. The van der Waals surface area contributed by atoms with Crippen molar-refractivity contribution in [2.75, 3.05) is 50.8 Å². The molecule has 32 heavy (non-hydrogen) atoms. The Morgan fingerprint density at radius 3 is 2.34 bits per heavy atom. The van der Waals surface area contributed by atoms with Crippen molar-refractivity contribution in [3.8, 4) is 5.75 Å². The Balaban J connectivity index is 1.72. The zero-order chi connectivity index (χ0) is 22.7. The average molecular weight is 436 g/mol. The molecule has 1 fully saturated rings. The van der Waals surface area contributed by atoms with Crippen molar-refractivity contribution in [3.05, 3.63) is 65.4 Å². The van der Waals surface area contributed by atoms with Crippen LogP contribution in [0.3, 0.4) is 0 Å². The number of anilines is 1. The molecule has 0 aliphatic carbocycles. The maximum atomic E-state index is 13.7. The Morgan fingerprint density at radius 2 is 1.69 bits per heavy atom. The number of benzene rings is 2. The number of ether oxygens (including phenoxy) is 1. The largest absolute Gasteiger partial charge is 0.494 e. The molecule has 7 heteroatoms. The summed E-state index contributed by atoms with van der Waals surface area (Å²) in [4.78, 5) is 32.7. The van der Waals surface area contributed by atoms with Crippen LogP contribution < -0.4 is 9.64 Å². The first-order valence-corrected chi connectivity index (χ1v) is 11.0. The number of hydrogen-bond acceptors (Lipinski definition) is 6. The summed E-state index contributed by atoms with van der Waals surface area (Å²) in [5.74, 6) is -0.0105. The molecule has 168 valence electrons. The van der Waals surface area contributed by atoms with E-state index < -0.39 is 0 Å². The summed E-state index contributed by atoms with van der Waals surface area (Å²) >= 11 is 0. The fourth-order valence-corrected chi connectivity index (χ4v) is 4.24. The number of nitrogens with zero attached hydrogens (tertiary/aromatic N) is 3. The van der Waals surface area contributed by atoms with E-state index in [4.69, 9.17) is 4.74 Å². The second-order valence-electron chi connectivity index (χ2n) is 8.02. The van der Waals surface area contributed by atoms with Crippen molar-refractivity contribution in [3.63, 3.8) is 0 Å². The summed E-state index contributed by atoms with van der Waals surface area (Å²) < 4.78 is 5.58. The molecule has 2 aromatic carbocycles. The minimum atomic E-state index is -0.319. The van der Waals surface area contributed by atoms with Crippen LogP contribution in [0.25, 0.3) is 5.57 Å². The van der Waals surface area contributed by atoms with Gasteiger partial charge in [-0.1, -0.05) is 35.9 Å². The van der Waals surface area contributed by atoms with E-state index in [1.54, 1.807) is 18.2 Å². The number of aryl methyl sites for hydroxylation is 1. The number of amides is 2.